The molecular weight excluding hydrogens is 539 g/mol. The van der Waals surface area contributed by atoms with E-state index < -0.39 is 86.1 Å². The highest BCUT2D eigenvalue weighted by atomic mass is 19.3. The minimum atomic E-state index is -6.62. The van der Waals surface area contributed by atoms with E-state index in [9.17, 15) is 74.6 Å². The molecule has 0 aromatic rings. The Balaban J connectivity index is 3.59. The molecule has 0 saturated heterocycles. The van der Waals surface area contributed by atoms with Crippen molar-refractivity contribution in [3.05, 3.63) is 11.6 Å². The third-order valence-electron chi connectivity index (χ3n) is 3.88. The Morgan fingerprint density at radius 1 is 0.618 bits per heavy atom. The van der Waals surface area contributed by atoms with Gasteiger partial charge in [0.05, 0.1) is 0 Å². The lowest BCUT2D eigenvalue weighted by Crippen LogP contribution is -2.59. The Morgan fingerprint density at radius 2 is 0.941 bits per heavy atom. The van der Waals surface area contributed by atoms with Crippen LogP contribution in [0.2, 0.25) is 0 Å². The predicted octanol–water partition coefficient (Wildman–Crippen LogP) is 5.90. The van der Waals surface area contributed by atoms with Crippen LogP contribution in [0.3, 0.4) is 0 Å². The second-order valence-corrected chi connectivity index (χ2v) is 6.46. The first kappa shape index (κ1) is 30.3. The summed E-state index contributed by atoms with van der Waals surface area (Å²) in [6, 6.07) is 0. The van der Waals surface area contributed by atoms with Crippen molar-refractivity contribution < 1.29 is 88.8 Å². The monoisotopic (exact) mass is 548 g/mol. The molecule has 0 heterocycles. The maximum absolute atomic E-state index is 14.5. The van der Waals surface area contributed by atoms with E-state index in [1.54, 1.807) is 0 Å². The molecule has 0 amide bonds. The number of hydrogen-bond acceptors (Lipinski definition) is 3. The van der Waals surface area contributed by atoms with Crippen LogP contribution in [-0.4, -0.2) is 74.5 Å². The topological polar surface area (TPSA) is 27.7 Å². The Kier molecular flexibility index (Phi) is 8.36. The Labute approximate surface area is 176 Å². The van der Waals surface area contributed by atoms with E-state index >= 15 is 0 Å². The molecule has 0 aliphatic heterocycles. The zero-order valence-corrected chi connectivity index (χ0v) is 15.5. The van der Waals surface area contributed by atoms with Gasteiger partial charge in [-0.1, -0.05) is 0 Å². The molecule has 0 spiro atoms. The highest BCUT2D eigenvalue weighted by Crippen LogP contribution is 2.60. The molecule has 0 saturated carbocycles. The number of rotatable bonds is 12. The number of ether oxygens (including phenoxy) is 3. The molecule has 0 unspecified atom stereocenters. The van der Waals surface area contributed by atoms with Crippen LogP contribution in [0.15, 0.2) is 11.6 Å². The van der Waals surface area contributed by atoms with Gasteiger partial charge < -0.3 is 14.2 Å². The standard InChI is InChI=1S/C14H9F17O3/c15-4-5(32-1-9(22,23)6(16)17)12(28,29)14(30,31)13(4,33-2-10(24,25)7(18)19)34-3-11(26,27)8(20)21/h6-8H,1-3H2. The van der Waals surface area contributed by atoms with Gasteiger partial charge in [0, 0.05) is 0 Å². The lowest BCUT2D eigenvalue weighted by molar-refractivity contribution is -0.380. The second-order valence-electron chi connectivity index (χ2n) is 6.46. The van der Waals surface area contributed by atoms with Crippen molar-refractivity contribution in [2.24, 2.45) is 0 Å². The van der Waals surface area contributed by atoms with Gasteiger partial charge in [0.1, 0.15) is 13.2 Å². The van der Waals surface area contributed by atoms with Gasteiger partial charge >= 0.3 is 48.9 Å². The van der Waals surface area contributed by atoms with Crippen LogP contribution < -0.4 is 0 Å². The minimum absolute atomic E-state index is 2.99. The highest BCUT2D eigenvalue weighted by molar-refractivity contribution is 5.34. The molecular formula is C14H9F17O3. The number of halogens is 17. The molecule has 20 heteroatoms. The minimum Gasteiger partial charge on any atom is -0.482 e. The van der Waals surface area contributed by atoms with Gasteiger partial charge in [-0.2, -0.15) is 43.9 Å². The quantitative estimate of drug-likeness (QED) is 0.225. The van der Waals surface area contributed by atoms with E-state index in [4.69, 9.17) is 0 Å². The number of alkyl halides is 16. The molecule has 1 aliphatic rings. The van der Waals surface area contributed by atoms with E-state index in [0.29, 0.717) is 0 Å². The summed E-state index contributed by atoms with van der Waals surface area (Å²) in [5, 5.41) is 0. The zero-order chi connectivity index (χ0) is 27.1. The van der Waals surface area contributed by atoms with E-state index in [0.717, 1.165) is 0 Å². The van der Waals surface area contributed by atoms with Gasteiger partial charge in [0.15, 0.2) is 6.61 Å². The summed E-state index contributed by atoms with van der Waals surface area (Å²) in [5.41, 5.74) is 0. The maximum Gasteiger partial charge on any atom is 0.377 e. The first-order valence-corrected chi connectivity index (χ1v) is 8.04. The Bertz CT molecular complexity index is 724. The molecule has 0 aromatic carbocycles. The highest BCUT2D eigenvalue weighted by Gasteiger charge is 2.83. The molecule has 0 atom stereocenters. The van der Waals surface area contributed by atoms with E-state index in [-0.39, 0.29) is 0 Å². The molecule has 1 rings (SSSR count). The van der Waals surface area contributed by atoms with Crippen molar-refractivity contribution in [1.82, 2.24) is 0 Å². The summed E-state index contributed by atoms with van der Waals surface area (Å²) in [6.07, 6.45) is -14.4. The summed E-state index contributed by atoms with van der Waals surface area (Å²) >= 11 is 0. The van der Waals surface area contributed by atoms with Crippen LogP contribution in [0.4, 0.5) is 74.6 Å². The van der Waals surface area contributed by atoms with Crippen LogP contribution in [0.1, 0.15) is 0 Å². The second kappa shape index (κ2) is 9.38. The van der Waals surface area contributed by atoms with Crippen molar-refractivity contribution >= 4 is 0 Å². The summed E-state index contributed by atoms with van der Waals surface area (Å²) in [4.78, 5) is 0. The van der Waals surface area contributed by atoms with Crippen LogP contribution >= 0.6 is 0 Å². The van der Waals surface area contributed by atoms with Gasteiger partial charge in [0.25, 0.3) is 5.79 Å². The zero-order valence-electron chi connectivity index (χ0n) is 15.5. The fourth-order valence-electron chi connectivity index (χ4n) is 2.03. The number of allylic oxidation sites excluding steroid dienone is 1. The van der Waals surface area contributed by atoms with E-state index in [2.05, 4.69) is 14.2 Å². The first-order chi connectivity index (χ1) is 15.0. The molecule has 3 nitrogen and oxygen atoms in total. The van der Waals surface area contributed by atoms with Gasteiger partial charge in [-0.15, -0.1) is 0 Å². The fourth-order valence-corrected chi connectivity index (χ4v) is 2.03. The summed E-state index contributed by atoms with van der Waals surface area (Å²) in [7, 11) is 0. The molecule has 0 bridgehead atoms. The Morgan fingerprint density at radius 3 is 1.26 bits per heavy atom. The molecule has 202 valence electrons. The summed E-state index contributed by atoms with van der Waals surface area (Å²) in [5.74, 6) is -42.3. The van der Waals surface area contributed by atoms with Gasteiger partial charge in [0.2, 0.25) is 11.6 Å². The van der Waals surface area contributed by atoms with Crippen molar-refractivity contribution in [2.45, 2.75) is 54.7 Å². The molecule has 0 aromatic heterocycles. The fraction of sp³-hybridized carbons (Fsp3) is 0.857. The van der Waals surface area contributed by atoms with Crippen LogP contribution in [0.25, 0.3) is 0 Å². The van der Waals surface area contributed by atoms with Crippen LogP contribution in [0, 0.1) is 0 Å². The maximum atomic E-state index is 14.5. The molecule has 1 aliphatic carbocycles. The summed E-state index contributed by atoms with van der Waals surface area (Å²) < 4.78 is 232. The third kappa shape index (κ3) is 5.25. The van der Waals surface area contributed by atoms with Gasteiger partial charge in [-0.05, 0) is 0 Å². The summed E-state index contributed by atoms with van der Waals surface area (Å²) in [6.45, 7) is -9.40. The first-order valence-electron chi connectivity index (χ1n) is 8.04. The largest absolute Gasteiger partial charge is 0.482 e. The third-order valence-corrected chi connectivity index (χ3v) is 3.88. The van der Waals surface area contributed by atoms with Gasteiger partial charge in [-0.25, -0.2) is 30.7 Å². The molecule has 0 radical (unpaired) electrons. The van der Waals surface area contributed by atoms with Crippen molar-refractivity contribution in [3.63, 3.8) is 0 Å². The SMILES string of the molecule is FC1=C(OCC(F)(F)C(F)F)C(F)(F)C(F)(F)C1(OCC(F)(F)C(F)F)OCC(F)(F)C(F)F. The van der Waals surface area contributed by atoms with Gasteiger partial charge in [-0.3, -0.25) is 0 Å². The molecule has 0 fully saturated rings. The van der Waals surface area contributed by atoms with E-state index in [1.807, 2.05) is 0 Å². The predicted molar refractivity (Wildman–Crippen MR) is 71.5 cm³/mol. The Hall–Kier alpha value is -1.73. The smallest absolute Gasteiger partial charge is 0.377 e. The average molecular weight is 548 g/mol. The van der Waals surface area contributed by atoms with Crippen molar-refractivity contribution in [2.75, 3.05) is 19.8 Å². The lowest BCUT2D eigenvalue weighted by atomic mass is 10.1. The normalized spacial score (nSPS) is 20.7. The lowest BCUT2D eigenvalue weighted by Gasteiger charge is -2.37. The number of hydrogen-bond donors (Lipinski definition) is 0. The van der Waals surface area contributed by atoms with Crippen molar-refractivity contribution in [1.29, 1.82) is 0 Å². The van der Waals surface area contributed by atoms with Crippen LogP contribution in [-0.2, 0) is 14.2 Å². The molecule has 0 N–H and O–H groups in total. The molecule has 34 heavy (non-hydrogen) atoms. The van der Waals surface area contributed by atoms with Crippen LogP contribution in [0.5, 0.6) is 0 Å². The van der Waals surface area contributed by atoms with Crippen molar-refractivity contribution in [3.8, 4) is 0 Å². The van der Waals surface area contributed by atoms with E-state index in [1.165, 1.54) is 0 Å². The average Bonchev–Trinajstić information content (AvgIpc) is 2.77.